The van der Waals surface area contributed by atoms with E-state index in [4.69, 9.17) is 4.74 Å². The Morgan fingerprint density at radius 3 is 2.67 bits per heavy atom. The van der Waals surface area contributed by atoms with Gasteiger partial charge in [-0.1, -0.05) is 12.1 Å². The van der Waals surface area contributed by atoms with Crippen molar-refractivity contribution in [3.63, 3.8) is 0 Å². The van der Waals surface area contributed by atoms with Crippen LogP contribution < -0.4 is 10.2 Å². The predicted octanol–water partition coefficient (Wildman–Crippen LogP) is 1.87. The second kappa shape index (κ2) is 6.42. The number of hydrazone groups is 1. The summed E-state index contributed by atoms with van der Waals surface area (Å²) >= 11 is 0. The van der Waals surface area contributed by atoms with E-state index >= 15 is 0 Å². The van der Waals surface area contributed by atoms with E-state index in [9.17, 15) is 15.0 Å². The fourth-order valence-electron chi connectivity index (χ4n) is 1.68. The number of nitrogens with zero attached hydrogens (tertiary/aromatic N) is 1. The lowest BCUT2D eigenvalue weighted by Gasteiger charge is -2.06. The molecule has 6 nitrogen and oxygen atoms in total. The van der Waals surface area contributed by atoms with E-state index in [1.165, 1.54) is 25.5 Å². The third-order valence-electron chi connectivity index (χ3n) is 2.73. The molecule has 0 spiro atoms. The van der Waals surface area contributed by atoms with Crippen molar-refractivity contribution < 1.29 is 19.7 Å². The van der Waals surface area contributed by atoms with Gasteiger partial charge in [-0.3, -0.25) is 4.79 Å². The van der Waals surface area contributed by atoms with Gasteiger partial charge in [-0.25, -0.2) is 5.43 Å². The minimum Gasteiger partial charge on any atom is -0.504 e. The molecule has 0 saturated carbocycles. The van der Waals surface area contributed by atoms with Crippen molar-refractivity contribution in [2.24, 2.45) is 5.10 Å². The van der Waals surface area contributed by atoms with Gasteiger partial charge in [0.2, 0.25) is 0 Å². The van der Waals surface area contributed by atoms with Crippen LogP contribution in [0.3, 0.4) is 0 Å². The largest absolute Gasteiger partial charge is 0.504 e. The second-order valence-corrected chi connectivity index (χ2v) is 4.15. The van der Waals surface area contributed by atoms with Gasteiger partial charge < -0.3 is 14.9 Å². The van der Waals surface area contributed by atoms with Crippen LogP contribution in [0.15, 0.2) is 47.6 Å². The van der Waals surface area contributed by atoms with Crippen molar-refractivity contribution in [1.82, 2.24) is 5.43 Å². The summed E-state index contributed by atoms with van der Waals surface area (Å²) in [5, 5.41) is 22.3. The first-order valence-corrected chi connectivity index (χ1v) is 6.10. The highest BCUT2D eigenvalue weighted by Crippen LogP contribution is 2.24. The number of phenolic OH excluding ortho intramolecular Hbond substituents is 2. The van der Waals surface area contributed by atoms with E-state index in [0.717, 1.165) is 0 Å². The summed E-state index contributed by atoms with van der Waals surface area (Å²) in [5.74, 6) is -0.431. The maximum absolute atomic E-state index is 11.9. The van der Waals surface area contributed by atoms with Gasteiger partial charge in [-0.2, -0.15) is 5.10 Å². The molecular formula is C15H14N2O4. The smallest absolute Gasteiger partial charge is 0.275 e. The molecule has 6 heteroatoms. The molecule has 0 radical (unpaired) electrons. The van der Waals surface area contributed by atoms with Gasteiger partial charge >= 0.3 is 0 Å². The number of aromatic hydroxyl groups is 2. The highest BCUT2D eigenvalue weighted by atomic mass is 16.5. The Bertz CT molecular complexity index is 683. The van der Waals surface area contributed by atoms with E-state index in [2.05, 4.69) is 10.5 Å². The summed E-state index contributed by atoms with van der Waals surface area (Å²) in [6, 6.07) is 11.0. The highest BCUT2D eigenvalue weighted by molar-refractivity contribution is 5.97. The SMILES string of the molecule is COc1ccccc1C(=O)N/N=C/c1ccc(O)c(O)c1. The molecule has 2 aromatic carbocycles. The number of carbonyl (C=O) groups is 1. The van der Waals surface area contributed by atoms with Crippen LogP contribution >= 0.6 is 0 Å². The van der Waals surface area contributed by atoms with Gasteiger partial charge in [-0.15, -0.1) is 0 Å². The molecule has 0 bridgehead atoms. The monoisotopic (exact) mass is 286 g/mol. The lowest BCUT2D eigenvalue weighted by molar-refractivity contribution is 0.0952. The lowest BCUT2D eigenvalue weighted by atomic mass is 10.2. The fourth-order valence-corrected chi connectivity index (χ4v) is 1.68. The van der Waals surface area contributed by atoms with Crippen molar-refractivity contribution in [1.29, 1.82) is 0 Å². The van der Waals surface area contributed by atoms with Crippen molar-refractivity contribution in [2.45, 2.75) is 0 Å². The Hall–Kier alpha value is -3.02. The molecule has 0 aliphatic carbocycles. The number of para-hydroxylation sites is 1. The number of methoxy groups -OCH3 is 1. The molecule has 0 atom stereocenters. The number of carbonyl (C=O) groups excluding carboxylic acids is 1. The molecule has 0 unspecified atom stereocenters. The van der Waals surface area contributed by atoms with Gasteiger partial charge in [0.15, 0.2) is 11.5 Å². The summed E-state index contributed by atoms with van der Waals surface area (Å²) in [6.45, 7) is 0. The van der Waals surface area contributed by atoms with Gasteiger partial charge in [0, 0.05) is 0 Å². The summed E-state index contributed by atoms with van der Waals surface area (Å²) < 4.78 is 5.09. The summed E-state index contributed by atoms with van der Waals surface area (Å²) in [7, 11) is 1.48. The topological polar surface area (TPSA) is 91.2 Å². The third-order valence-corrected chi connectivity index (χ3v) is 2.73. The summed E-state index contributed by atoms with van der Waals surface area (Å²) in [6.07, 6.45) is 1.35. The standard InChI is InChI=1S/C15H14N2O4/c1-21-14-5-3-2-4-11(14)15(20)17-16-9-10-6-7-12(18)13(19)8-10/h2-9,18-19H,1H3,(H,17,20)/b16-9+. The molecule has 0 fully saturated rings. The zero-order chi connectivity index (χ0) is 15.2. The Balaban J connectivity index is 2.06. The van der Waals surface area contributed by atoms with Gasteiger partial charge in [0.05, 0.1) is 18.9 Å². The van der Waals surface area contributed by atoms with Crippen molar-refractivity contribution in [3.8, 4) is 17.2 Å². The zero-order valence-corrected chi connectivity index (χ0v) is 11.3. The number of nitrogens with one attached hydrogen (secondary N) is 1. The first-order chi connectivity index (χ1) is 10.1. The molecule has 0 heterocycles. The summed E-state index contributed by atoms with van der Waals surface area (Å²) in [5.41, 5.74) is 3.26. The average molecular weight is 286 g/mol. The minimum absolute atomic E-state index is 0.217. The predicted molar refractivity (Wildman–Crippen MR) is 77.8 cm³/mol. The molecule has 0 aromatic heterocycles. The van der Waals surface area contributed by atoms with Gasteiger partial charge in [-0.05, 0) is 35.9 Å². The number of ether oxygens (including phenoxy) is 1. The second-order valence-electron chi connectivity index (χ2n) is 4.15. The highest BCUT2D eigenvalue weighted by Gasteiger charge is 2.09. The van der Waals surface area contributed by atoms with Crippen LogP contribution in [0.25, 0.3) is 0 Å². The van der Waals surface area contributed by atoms with E-state index in [1.807, 2.05) is 0 Å². The molecule has 108 valence electrons. The fraction of sp³-hybridized carbons (Fsp3) is 0.0667. The van der Waals surface area contributed by atoms with E-state index in [-0.39, 0.29) is 11.5 Å². The molecule has 1 amide bonds. The third kappa shape index (κ3) is 3.50. The van der Waals surface area contributed by atoms with Crippen molar-refractivity contribution in [3.05, 3.63) is 53.6 Å². The maximum Gasteiger partial charge on any atom is 0.275 e. The lowest BCUT2D eigenvalue weighted by Crippen LogP contribution is -2.18. The number of amides is 1. The maximum atomic E-state index is 11.9. The van der Waals surface area contributed by atoms with E-state index < -0.39 is 5.91 Å². The van der Waals surface area contributed by atoms with E-state index in [1.54, 1.807) is 30.3 Å². The summed E-state index contributed by atoms with van der Waals surface area (Å²) in [4.78, 5) is 11.9. The average Bonchev–Trinajstić information content (AvgIpc) is 2.50. The van der Waals surface area contributed by atoms with Crippen LogP contribution in [0.4, 0.5) is 0 Å². The Kier molecular flexibility index (Phi) is 4.40. The van der Waals surface area contributed by atoms with Crippen LogP contribution in [0.5, 0.6) is 17.2 Å². The molecule has 2 rings (SSSR count). The Morgan fingerprint density at radius 2 is 1.95 bits per heavy atom. The Morgan fingerprint density at radius 1 is 1.19 bits per heavy atom. The zero-order valence-electron chi connectivity index (χ0n) is 11.3. The van der Waals surface area contributed by atoms with Crippen LogP contribution in [0.2, 0.25) is 0 Å². The molecule has 2 aromatic rings. The first-order valence-electron chi connectivity index (χ1n) is 6.10. The molecule has 3 N–H and O–H groups in total. The number of hydrogen-bond donors (Lipinski definition) is 3. The van der Waals surface area contributed by atoms with Crippen molar-refractivity contribution >= 4 is 12.1 Å². The van der Waals surface area contributed by atoms with Gasteiger partial charge in [0.25, 0.3) is 5.91 Å². The molecule has 0 saturated heterocycles. The van der Waals surface area contributed by atoms with Gasteiger partial charge in [0.1, 0.15) is 5.75 Å². The molecular weight excluding hydrogens is 272 g/mol. The van der Waals surface area contributed by atoms with Crippen LogP contribution in [0.1, 0.15) is 15.9 Å². The van der Waals surface area contributed by atoms with Crippen LogP contribution in [0, 0.1) is 0 Å². The Labute approximate surface area is 121 Å². The van der Waals surface area contributed by atoms with Crippen LogP contribution in [-0.4, -0.2) is 29.4 Å². The number of benzene rings is 2. The van der Waals surface area contributed by atoms with E-state index in [0.29, 0.717) is 16.9 Å². The molecule has 0 aliphatic heterocycles. The number of hydrogen-bond acceptors (Lipinski definition) is 5. The number of rotatable bonds is 4. The van der Waals surface area contributed by atoms with Crippen molar-refractivity contribution in [2.75, 3.05) is 7.11 Å². The first kappa shape index (κ1) is 14.4. The molecule has 21 heavy (non-hydrogen) atoms. The van der Waals surface area contributed by atoms with Crippen LogP contribution in [-0.2, 0) is 0 Å². The number of phenols is 2. The minimum atomic E-state index is -0.410. The quantitative estimate of drug-likeness (QED) is 0.454. The normalized spacial score (nSPS) is 10.5. The molecule has 0 aliphatic rings.